The maximum Gasteiger partial charge on any atom is 0.345 e. The number of hydrogen-bond donors (Lipinski definition) is 1. The van der Waals surface area contributed by atoms with E-state index < -0.39 is 24.3 Å². The van der Waals surface area contributed by atoms with Gasteiger partial charge in [0.05, 0.1) is 11.9 Å². The molecule has 0 amide bonds. The van der Waals surface area contributed by atoms with Crippen molar-refractivity contribution in [1.29, 1.82) is 0 Å². The Hall–Kier alpha value is -4.53. The van der Waals surface area contributed by atoms with Crippen molar-refractivity contribution in [3.05, 3.63) is 82.9 Å². The van der Waals surface area contributed by atoms with Crippen LogP contribution < -0.4 is 10.9 Å². The molecular weight excluding hydrogens is 460 g/mol. The molecule has 0 saturated heterocycles. The van der Waals surface area contributed by atoms with Gasteiger partial charge in [-0.2, -0.15) is 5.10 Å². The summed E-state index contributed by atoms with van der Waals surface area (Å²) >= 11 is 0. The lowest BCUT2D eigenvalue weighted by Gasteiger charge is -2.17. The Labute approximate surface area is 207 Å². The number of rotatable bonds is 9. The second-order valence-corrected chi connectivity index (χ2v) is 7.93. The molecule has 1 N–H and O–H groups in total. The van der Waals surface area contributed by atoms with Crippen LogP contribution in [0.2, 0.25) is 0 Å². The zero-order chi connectivity index (χ0) is 25.5. The molecule has 4 rings (SSSR count). The zero-order valence-electron chi connectivity index (χ0n) is 20.1. The van der Waals surface area contributed by atoms with Crippen LogP contribution in [0, 0.1) is 0 Å². The van der Waals surface area contributed by atoms with Crippen molar-refractivity contribution in [1.82, 2.24) is 14.8 Å². The van der Waals surface area contributed by atoms with Gasteiger partial charge in [0.2, 0.25) is 6.79 Å². The summed E-state index contributed by atoms with van der Waals surface area (Å²) in [4.78, 5) is 42.8. The van der Waals surface area contributed by atoms with E-state index in [4.69, 9.17) is 9.47 Å². The van der Waals surface area contributed by atoms with Gasteiger partial charge in [-0.25, -0.2) is 9.48 Å². The Morgan fingerprint density at radius 2 is 1.72 bits per heavy atom. The second kappa shape index (κ2) is 11.3. The lowest BCUT2D eigenvalue weighted by Crippen LogP contribution is -2.29. The van der Waals surface area contributed by atoms with Gasteiger partial charge < -0.3 is 14.8 Å². The van der Waals surface area contributed by atoms with Gasteiger partial charge in [0, 0.05) is 35.5 Å². The Kier molecular flexibility index (Phi) is 7.69. The van der Waals surface area contributed by atoms with Crippen LogP contribution in [0.15, 0.2) is 71.8 Å². The summed E-state index contributed by atoms with van der Waals surface area (Å²) in [5, 5.41) is 9.27. The third-order valence-corrected chi connectivity index (χ3v) is 5.50. The topological polar surface area (TPSA) is 112 Å². The minimum absolute atomic E-state index is 0.00580. The molecule has 0 bridgehead atoms. The summed E-state index contributed by atoms with van der Waals surface area (Å²) in [6, 6.07) is 16.6. The summed E-state index contributed by atoms with van der Waals surface area (Å²) in [5.41, 5.74) is 0.858. The van der Waals surface area contributed by atoms with Gasteiger partial charge in [0.1, 0.15) is 16.9 Å². The molecule has 0 unspecified atom stereocenters. The van der Waals surface area contributed by atoms with Gasteiger partial charge in [0.15, 0.2) is 0 Å². The van der Waals surface area contributed by atoms with E-state index in [0.717, 1.165) is 10.8 Å². The summed E-state index contributed by atoms with van der Waals surface area (Å²) in [6.07, 6.45) is 4.12. The third kappa shape index (κ3) is 5.25. The van der Waals surface area contributed by atoms with E-state index in [2.05, 4.69) is 15.4 Å². The lowest BCUT2D eigenvalue weighted by molar-refractivity contribution is -0.152. The number of aryl methyl sites for hydroxylation is 1. The molecule has 9 heteroatoms. The highest BCUT2D eigenvalue weighted by atomic mass is 16.7. The first-order valence-corrected chi connectivity index (χ1v) is 11.7. The van der Waals surface area contributed by atoms with Crippen LogP contribution in [0.4, 0.5) is 11.4 Å². The van der Waals surface area contributed by atoms with Crippen molar-refractivity contribution >= 4 is 34.1 Å². The van der Waals surface area contributed by atoms with E-state index in [9.17, 15) is 14.4 Å². The van der Waals surface area contributed by atoms with Gasteiger partial charge >= 0.3 is 11.9 Å². The number of nitrogens with zero attached hydrogens (tertiary/aromatic N) is 3. The van der Waals surface area contributed by atoms with E-state index in [0.29, 0.717) is 17.7 Å². The number of aromatic nitrogens is 3. The Bertz CT molecular complexity index is 1440. The first kappa shape index (κ1) is 24.6. The van der Waals surface area contributed by atoms with Crippen LogP contribution in [0.1, 0.15) is 37.0 Å². The Balaban J connectivity index is 1.84. The standard InChI is InChI=1S/C27H26N4O5/c1-3-10-22(32)35-17-36-27(34)23-24(18-11-6-5-7-12-18)30-31(4-2)26(33)25(23)29-21-16-28-15-19-13-8-9-14-20(19)21/h5-9,11-16,29H,3-4,10,17H2,1-2H3. The number of fused-ring (bicyclic) bond motifs is 1. The summed E-state index contributed by atoms with van der Waals surface area (Å²) in [6.45, 7) is 3.34. The van der Waals surface area contributed by atoms with Crippen LogP contribution in [0.5, 0.6) is 0 Å². The van der Waals surface area contributed by atoms with Gasteiger partial charge in [-0.1, -0.05) is 61.5 Å². The van der Waals surface area contributed by atoms with Gasteiger partial charge in [-0.15, -0.1) is 0 Å². The highest BCUT2D eigenvalue weighted by Gasteiger charge is 2.26. The Morgan fingerprint density at radius 1 is 0.972 bits per heavy atom. The number of esters is 2. The Morgan fingerprint density at radius 3 is 2.47 bits per heavy atom. The summed E-state index contributed by atoms with van der Waals surface area (Å²) in [7, 11) is 0. The van der Waals surface area contributed by atoms with Crippen molar-refractivity contribution in [2.75, 3.05) is 12.1 Å². The van der Waals surface area contributed by atoms with Crippen molar-refractivity contribution in [2.24, 2.45) is 0 Å². The molecule has 0 spiro atoms. The van der Waals surface area contributed by atoms with Crippen LogP contribution in [-0.4, -0.2) is 33.5 Å². The molecule has 0 atom stereocenters. The molecule has 9 nitrogen and oxygen atoms in total. The fourth-order valence-electron chi connectivity index (χ4n) is 3.75. The van der Waals surface area contributed by atoms with Crippen LogP contribution >= 0.6 is 0 Å². The summed E-state index contributed by atoms with van der Waals surface area (Å²) in [5.74, 6) is -1.32. The molecule has 0 aliphatic rings. The number of nitrogens with one attached hydrogen (secondary N) is 1. The van der Waals surface area contributed by atoms with E-state index in [1.54, 1.807) is 31.5 Å². The third-order valence-electron chi connectivity index (χ3n) is 5.50. The molecular formula is C27H26N4O5. The minimum atomic E-state index is -0.846. The number of ether oxygens (including phenoxy) is 2. The predicted octanol–water partition coefficient (Wildman–Crippen LogP) is 4.68. The molecule has 0 radical (unpaired) electrons. The van der Waals surface area contributed by atoms with E-state index in [1.165, 1.54) is 4.68 Å². The number of pyridine rings is 1. The first-order valence-electron chi connectivity index (χ1n) is 11.7. The number of carbonyl (C=O) groups is 2. The van der Waals surface area contributed by atoms with Crippen molar-refractivity contribution in [3.8, 4) is 11.3 Å². The van der Waals surface area contributed by atoms with Gasteiger partial charge in [0.25, 0.3) is 5.56 Å². The fourth-order valence-corrected chi connectivity index (χ4v) is 3.75. The number of hydrogen-bond acceptors (Lipinski definition) is 8. The zero-order valence-corrected chi connectivity index (χ0v) is 20.1. The van der Waals surface area contributed by atoms with Crippen molar-refractivity contribution < 1.29 is 19.1 Å². The smallest absolute Gasteiger partial charge is 0.345 e. The average Bonchev–Trinajstić information content (AvgIpc) is 2.90. The average molecular weight is 487 g/mol. The SMILES string of the molecule is CCCC(=O)OCOC(=O)c1c(-c2ccccc2)nn(CC)c(=O)c1Nc1cncc2ccccc12. The molecule has 4 aromatic rings. The largest absolute Gasteiger partial charge is 0.428 e. The monoisotopic (exact) mass is 486 g/mol. The highest BCUT2D eigenvalue weighted by molar-refractivity contribution is 6.03. The van der Waals surface area contributed by atoms with E-state index in [-0.39, 0.29) is 29.9 Å². The number of carbonyl (C=O) groups excluding carboxylic acids is 2. The van der Waals surface area contributed by atoms with Crippen LogP contribution in [-0.2, 0) is 20.8 Å². The first-order chi connectivity index (χ1) is 17.5. The number of anilines is 2. The van der Waals surface area contributed by atoms with Crippen LogP contribution in [0.25, 0.3) is 22.0 Å². The molecule has 0 aliphatic carbocycles. The molecule has 0 aliphatic heterocycles. The molecule has 2 aromatic carbocycles. The van der Waals surface area contributed by atoms with Crippen molar-refractivity contribution in [2.45, 2.75) is 33.2 Å². The van der Waals surface area contributed by atoms with Gasteiger partial charge in [-0.3, -0.25) is 14.6 Å². The van der Waals surface area contributed by atoms with E-state index >= 15 is 0 Å². The molecule has 2 heterocycles. The quantitative estimate of drug-likeness (QED) is 0.268. The predicted molar refractivity (Wildman–Crippen MR) is 136 cm³/mol. The second-order valence-electron chi connectivity index (χ2n) is 7.93. The van der Waals surface area contributed by atoms with Crippen LogP contribution in [0.3, 0.4) is 0 Å². The fraction of sp³-hybridized carbons (Fsp3) is 0.222. The van der Waals surface area contributed by atoms with Crippen molar-refractivity contribution in [3.63, 3.8) is 0 Å². The minimum Gasteiger partial charge on any atom is -0.428 e. The van der Waals surface area contributed by atoms with E-state index in [1.807, 2.05) is 49.4 Å². The number of benzene rings is 2. The molecule has 184 valence electrons. The maximum absolute atomic E-state index is 13.4. The molecule has 0 saturated carbocycles. The molecule has 2 aromatic heterocycles. The maximum atomic E-state index is 13.4. The summed E-state index contributed by atoms with van der Waals surface area (Å²) < 4.78 is 11.5. The molecule has 36 heavy (non-hydrogen) atoms. The van der Waals surface area contributed by atoms with Gasteiger partial charge in [-0.05, 0) is 13.3 Å². The highest BCUT2D eigenvalue weighted by Crippen LogP contribution is 2.30. The lowest BCUT2D eigenvalue weighted by atomic mass is 10.0. The normalized spacial score (nSPS) is 10.7. The molecule has 0 fully saturated rings.